The maximum Gasteiger partial charge on any atom is 0.0952 e. The van der Waals surface area contributed by atoms with E-state index in [1.165, 1.54) is 10.9 Å². The summed E-state index contributed by atoms with van der Waals surface area (Å²) in [5, 5.41) is 1.17. The zero-order chi connectivity index (χ0) is 14.7. The number of rotatable bonds is 5. The summed E-state index contributed by atoms with van der Waals surface area (Å²) >= 11 is 0. The van der Waals surface area contributed by atoms with E-state index in [1.54, 1.807) is 0 Å². The molecule has 0 spiro atoms. The van der Waals surface area contributed by atoms with Gasteiger partial charge in [0, 0.05) is 30.2 Å². The van der Waals surface area contributed by atoms with Gasteiger partial charge in [-0.05, 0) is 18.1 Å². The van der Waals surface area contributed by atoms with Crippen LogP contribution in [0, 0.1) is 0 Å². The Morgan fingerprint density at radius 1 is 1.19 bits per heavy atom. The molecule has 3 aromatic rings. The summed E-state index contributed by atoms with van der Waals surface area (Å²) in [6.07, 6.45) is 7.60. The van der Waals surface area contributed by atoms with Crippen molar-refractivity contribution >= 4 is 10.9 Å². The van der Waals surface area contributed by atoms with E-state index in [0.717, 1.165) is 30.6 Å². The Bertz CT molecular complexity index is 727. The van der Waals surface area contributed by atoms with Crippen LogP contribution in [0.4, 0.5) is 0 Å². The van der Waals surface area contributed by atoms with Crippen LogP contribution in [0.5, 0.6) is 0 Å². The molecule has 1 aromatic carbocycles. The van der Waals surface area contributed by atoms with Gasteiger partial charge in [-0.2, -0.15) is 0 Å². The van der Waals surface area contributed by atoms with E-state index in [2.05, 4.69) is 51.9 Å². The van der Waals surface area contributed by atoms with Crippen molar-refractivity contribution in [1.29, 1.82) is 0 Å². The number of para-hydroxylation sites is 1. The van der Waals surface area contributed by atoms with Crippen molar-refractivity contribution in [3.63, 3.8) is 0 Å². The lowest BCUT2D eigenvalue weighted by molar-refractivity contribution is 0.638. The molecule has 0 bridgehead atoms. The summed E-state index contributed by atoms with van der Waals surface area (Å²) in [5.74, 6) is 0. The molecule has 1 unspecified atom stereocenters. The smallest absolute Gasteiger partial charge is 0.0952 e. The third-order valence-electron chi connectivity index (χ3n) is 3.75. The molecular formula is C17H20N4. The number of aromatic nitrogens is 3. The zero-order valence-corrected chi connectivity index (χ0v) is 12.2. The first-order valence-corrected chi connectivity index (χ1v) is 7.35. The Hall–Kier alpha value is -2.20. The fourth-order valence-electron chi connectivity index (χ4n) is 2.50. The van der Waals surface area contributed by atoms with Crippen molar-refractivity contribution in [3.8, 4) is 0 Å². The molecule has 2 aromatic heterocycles. The third kappa shape index (κ3) is 3.11. The van der Waals surface area contributed by atoms with Crippen molar-refractivity contribution < 1.29 is 0 Å². The maximum absolute atomic E-state index is 5.98. The Morgan fingerprint density at radius 2 is 2.05 bits per heavy atom. The molecule has 0 fully saturated rings. The minimum absolute atomic E-state index is 0.188. The van der Waals surface area contributed by atoms with Crippen molar-refractivity contribution in [2.45, 2.75) is 32.4 Å². The van der Waals surface area contributed by atoms with Crippen LogP contribution in [0.3, 0.4) is 0 Å². The first kappa shape index (κ1) is 13.8. The van der Waals surface area contributed by atoms with Crippen molar-refractivity contribution in [2.24, 2.45) is 5.73 Å². The van der Waals surface area contributed by atoms with Gasteiger partial charge in [-0.25, -0.2) is 4.98 Å². The second kappa shape index (κ2) is 6.06. The van der Waals surface area contributed by atoms with Gasteiger partial charge in [0.15, 0.2) is 0 Å². The number of nitrogens with zero attached hydrogens (tertiary/aromatic N) is 3. The quantitative estimate of drug-likeness (QED) is 0.782. The van der Waals surface area contributed by atoms with E-state index in [9.17, 15) is 0 Å². The summed E-state index contributed by atoms with van der Waals surface area (Å²) in [6, 6.07) is 10.5. The predicted molar refractivity (Wildman–Crippen MR) is 85.0 cm³/mol. The lowest BCUT2D eigenvalue weighted by atomic mass is 10.1. The van der Waals surface area contributed by atoms with Gasteiger partial charge in [-0.15, -0.1) is 0 Å². The summed E-state index contributed by atoms with van der Waals surface area (Å²) in [7, 11) is 0. The summed E-state index contributed by atoms with van der Waals surface area (Å²) in [6.45, 7) is 2.88. The van der Waals surface area contributed by atoms with Gasteiger partial charge in [-0.3, -0.25) is 4.98 Å². The van der Waals surface area contributed by atoms with E-state index in [0.29, 0.717) is 0 Å². The van der Waals surface area contributed by atoms with Crippen LogP contribution in [0.25, 0.3) is 10.9 Å². The number of hydrogen-bond donors (Lipinski definition) is 1. The molecule has 2 N–H and O–H groups in total. The Kier molecular flexibility index (Phi) is 3.97. The Balaban J connectivity index is 1.82. The molecule has 1 atom stereocenters. The number of imidazole rings is 1. The molecule has 3 rings (SSSR count). The predicted octanol–water partition coefficient (Wildman–Crippen LogP) is 2.76. The van der Waals surface area contributed by atoms with Gasteiger partial charge in [0.25, 0.3) is 0 Å². The summed E-state index contributed by atoms with van der Waals surface area (Å²) < 4.78 is 2.10. The third-order valence-corrected chi connectivity index (χ3v) is 3.75. The van der Waals surface area contributed by atoms with Gasteiger partial charge >= 0.3 is 0 Å². The molecule has 4 nitrogen and oxygen atoms in total. The van der Waals surface area contributed by atoms with Gasteiger partial charge < -0.3 is 10.3 Å². The van der Waals surface area contributed by atoms with Crippen LogP contribution < -0.4 is 5.73 Å². The number of benzene rings is 1. The number of fused-ring (bicyclic) bond motifs is 1. The highest BCUT2D eigenvalue weighted by molar-refractivity contribution is 5.81. The Labute approximate surface area is 124 Å². The Morgan fingerprint density at radius 3 is 2.90 bits per heavy atom. The topological polar surface area (TPSA) is 56.7 Å². The highest BCUT2D eigenvalue weighted by Gasteiger charge is 2.06. The molecule has 4 heteroatoms. The summed E-state index contributed by atoms with van der Waals surface area (Å²) in [5.41, 5.74) is 9.30. The minimum Gasteiger partial charge on any atom is -0.333 e. The molecule has 0 aliphatic carbocycles. The van der Waals surface area contributed by atoms with Gasteiger partial charge in [0.2, 0.25) is 0 Å². The minimum atomic E-state index is 0.188. The highest BCUT2D eigenvalue weighted by atomic mass is 15.0. The number of pyridine rings is 1. The number of hydrogen-bond acceptors (Lipinski definition) is 3. The van der Waals surface area contributed by atoms with E-state index in [4.69, 9.17) is 5.73 Å². The molecule has 0 aliphatic rings. The van der Waals surface area contributed by atoms with Crippen LogP contribution in [0.15, 0.2) is 49.1 Å². The lowest BCUT2D eigenvalue weighted by Crippen LogP contribution is -2.21. The monoisotopic (exact) mass is 280 g/mol. The molecular weight excluding hydrogens is 260 g/mol. The molecule has 0 amide bonds. The largest absolute Gasteiger partial charge is 0.333 e. The normalized spacial score (nSPS) is 12.7. The van der Waals surface area contributed by atoms with Gasteiger partial charge in [0.1, 0.15) is 0 Å². The molecule has 21 heavy (non-hydrogen) atoms. The van der Waals surface area contributed by atoms with E-state index in [-0.39, 0.29) is 6.04 Å². The zero-order valence-electron chi connectivity index (χ0n) is 12.2. The second-order valence-electron chi connectivity index (χ2n) is 5.40. The maximum atomic E-state index is 5.98. The van der Waals surface area contributed by atoms with E-state index < -0.39 is 0 Å². The standard InChI is InChI=1S/C17H20N4/c1-2-15(18)9-16-11-21(12-20-16)10-14-6-3-5-13-7-4-8-19-17(13)14/h3-8,11-12,15H,2,9-10,18H2,1H3. The lowest BCUT2D eigenvalue weighted by Gasteiger charge is -2.07. The first-order valence-electron chi connectivity index (χ1n) is 7.35. The van der Waals surface area contributed by atoms with Crippen LogP contribution >= 0.6 is 0 Å². The van der Waals surface area contributed by atoms with E-state index >= 15 is 0 Å². The van der Waals surface area contributed by atoms with E-state index in [1.807, 2.05) is 18.6 Å². The van der Waals surface area contributed by atoms with Gasteiger partial charge in [-0.1, -0.05) is 31.2 Å². The van der Waals surface area contributed by atoms with Crippen LogP contribution in [-0.2, 0) is 13.0 Å². The average Bonchev–Trinajstić information content (AvgIpc) is 2.94. The fourth-order valence-corrected chi connectivity index (χ4v) is 2.50. The summed E-state index contributed by atoms with van der Waals surface area (Å²) in [4.78, 5) is 8.93. The van der Waals surface area contributed by atoms with Crippen LogP contribution in [-0.4, -0.2) is 20.6 Å². The molecule has 0 saturated carbocycles. The average molecular weight is 280 g/mol. The second-order valence-corrected chi connectivity index (χ2v) is 5.40. The van der Waals surface area contributed by atoms with Gasteiger partial charge in [0.05, 0.1) is 24.1 Å². The highest BCUT2D eigenvalue weighted by Crippen LogP contribution is 2.17. The number of nitrogens with two attached hydrogens (primary N) is 1. The van der Waals surface area contributed by atoms with Crippen molar-refractivity contribution in [1.82, 2.24) is 14.5 Å². The molecule has 108 valence electrons. The SMILES string of the molecule is CCC(N)Cc1cn(Cc2cccc3cccnc23)cn1. The fraction of sp³-hybridized carbons (Fsp3) is 0.294. The van der Waals surface area contributed by atoms with Crippen LogP contribution in [0.2, 0.25) is 0 Å². The molecule has 2 heterocycles. The van der Waals surface area contributed by atoms with Crippen molar-refractivity contribution in [2.75, 3.05) is 0 Å². The molecule has 0 aliphatic heterocycles. The first-order chi connectivity index (χ1) is 10.3. The molecule has 0 radical (unpaired) electrons. The molecule has 0 saturated heterocycles. The van der Waals surface area contributed by atoms with Crippen molar-refractivity contribution in [3.05, 3.63) is 60.3 Å². The van der Waals surface area contributed by atoms with Crippen LogP contribution in [0.1, 0.15) is 24.6 Å².